The van der Waals surface area contributed by atoms with Crippen LogP contribution in [0.1, 0.15) is 15.9 Å². The lowest BCUT2D eigenvalue weighted by Crippen LogP contribution is -2.00. The molecular weight excluding hydrogens is 252 g/mol. The van der Waals surface area contributed by atoms with E-state index in [9.17, 15) is 4.79 Å². The van der Waals surface area contributed by atoms with Crippen LogP contribution in [-0.4, -0.2) is 12.0 Å². The van der Waals surface area contributed by atoms with Crippen molar-refractivity contribution in [1.29, 1.82) is 0 Å². The largest absolute Gasteiger partial charge is 0.289 e. The van der Waals surface area contributed by atoms with E-state index in [0.717, 1.165) is 4.90 Å². The molecule has 1 nitrogen and oxygen atoms in total. The number of ketones is 1. The summed E-state index contributed by atoms with van der Waals surface area (Å²) in [6, 6.07) is 14.6. The lowest BCUT2D eigenvalue weighted by Gasteiger charge is -2.02. The molecule has 0 N–H and O–H groups in total. The van der Waals surface area contributed by atoms with Gasteiger partial charge in [0.2, 0.25) is 0 Å². The second-order valence-corrected chi connectivity index (χ2v) is 4.88. The van der Waals surface area contributed by atoms with Crippen LogP contribution in [0, 0.1) is 0 Å². The van der Waals surface area contributed by atoms with Gasteiger partial charge in [-0.2, -0.15) is 0 Å². The van der Waals surface area contributed by atoms with Crippen LogP contribution in [0.25, 0.3) is 0 Å². The summed E-state index contributed by atoms with van der Waals surface area (Å²) in [7, 11) is 0. The first-order valence-electron chi connectivity index (χ1n) is 5.15. The fourth-order valence-corrected chi connectivity index (χ4v) is 2.14. The number of hydrogen-bond acceptors (Lipinski definition) is 2. The molecular formula is C14H11ClOS. The summed E-state index contributed by atoms with van der Waals surface area (Å²) >= 11 is 7.52. The minimum absolute atomic E-state index is 0.000142. The lowest BCUT2D eigenvalue weighted by atomic mass is 10.0. The van der Waals surface area contributed by atoms with Crippen LogP contribution in [0.15, 0.2) is 53.4 Å². The molecule has 0 fully saturated rings. The minimum atomic E-state index is 0.000142. The summed E-state index contributed by atoms with van der Waals surface area (Å²) in [5.74, 6) is 0.000142. The molecule has 0 aliphatic heterocycles. The third-order valence-electron chi connectivity index (χ3n) is 2.44. The van der Waals surface area contributed by atoms with E-state index in [1.165, 1.54) is 0 Å². The van der Waals surface area contributed by atoms with Gasteiger partial charge in [0.05, 0.1) is 0 Å². The van der Waals surface area contributed by atoms with Crippen molar-refractivity contribution in [2.75, 3.05) is 6.26 Å². The molecule has 0 radical (unpaired) electrons. The first kappa shape index (κ1) is 12.2. The number of rotatable bonds is 3. The van der Waals surface area contributed by atoms with Crippen LogP contribution >= 0.6 is 23.4 Å². The van der Waals surface area contributed by atoms with E-state index in [4.69, 9.17) is 11.6 Å². The van der Waals surface area contributed by atoms with E-state index in [2.05, 4.69) is 0 Å². The number of carbonyl (C=O) groups excluding carboxylic acids is 1. The third-order valence-corrected chi connectivity index (χ3v) is 3.42. The van der Waals surface area contributed by atoms with Crippen molar-refractivity contribution in [3.8, 4) is 0 Å². The average molecular weight is 263 g/mol. The van der Waals surface area contributed by atoms with Gasteiger partial charge in [0, 0.05) is 21.0 Å². The fourth-order valence-electron chi connectivity index (χ4n) is 1.54. The predicted octanol–water partition coefficient (Wildman–Crippen LogP) is 4.29. The van der Waals surface area contributed by atoms with Crippen molar-refractivity contribution in [3.63, 3.8) is 0 Å². The number of halogens is 1. The molecule has 86 valence electrons. The quantitative estimate of drug-likeness (QED) is 0.606. The number of benzene rings is 2. The molecule has 0 aliphatic rings. The first-order chi connectivity index (χ1) is 8.20. The Morgan fingerprint density at radius 3 is 2.35 bits per heavy atom. The summed E-state index contributed by atoms with van der Waals surface area (Å²) < 4.78 is 0. The van der Waals surface area contributed by atoms with Crippen molar-refractivity contribution < 1.29 is 4.79 Å². The summed E-state index contributed by atoms with van der Waals surface area (Å²) in [5.41, 5.74) is 1.31. The highest BCUT2D eigenvalue weighted by atomic mass is 35.5. The maximum atomic E-state index is 12.1. The standard InChI is InChI=1S/C14H11ClOS/c1-17-13-7-5-10(6-8-13)14(16)11-3-2-4-12(15)9-11/h2-9H,1H3. The van der Waals surface area contributed by atoms with Gasteiger partial charge in [0.15, 0.2) is 5.78 Å². The predicted molar refractivity (Wildman–Crippen MR) is 73.1 cm³/mol. The summed E-state index contributed by atoms with van der Waals surface area (Å²) in [6.45, 7) is 0. The Morgan fingerprint density at radius 2 is 1.76 bits per heavy atom. The van der Waals surface area contributed by atoms with Crippen molar-refractivity contribution >= 4 is 29.1 Å². The number of hydrogen-bond donors (Lipinski definition) is 0. The van der Waals surface area contributed by atoms with Crippen molar-refractivity contribution in [1.82, 2.24) is 0 Å². The van der Waals surface area contributed by atoms with Gasteiger partial charge in [0.25, 0.3) is 0 Å². The number of thioether (sulfide) groups is 1. The van der Waals surface area contributed by atoms with E-state index < -0.39 is 0 Å². The Hall–Kier alpha value is -1.25. The zero-order valence-electron chi connectivity index (χ0n) is 9.31. The molecule has 0 bridgehead atoms. The Balaban J connectivity index is 2.30. The second kappa shape index (κ2) is 5.39. The van der Waals surface area contributed by atoms with Crippen molar-refractivity contribution in [3.05, 3.63) is 64.7 Å². The Labute approximate surface area is 110 Å². The Bertz CT molecular complexity index is 534. The molecule has 3 heteroatoms. The summed E-state index contributed by atoms with van der Waals surface area (Å²) in [5, 5.41) is 0.580. The summed E-state index contributed by atoms with van der Waals surface area (Å²) in [4.78, 5) is 13.3. The van der Waals surface area contributed by atoms with Gasteiger partial charge in [0.1, 0.15) is 0 Å². The van der Waals surface area contributed by atoms with Gasteiger partial charge in [-0.25, -0.2) is 0 Å². The Morgan fingerprint density at radius 1 is 1.06 bits per heavy atom. The first-order valence-corrected chi connectivity index (χ1v) is 6.75. The Kier molecular flexibility index (Phi) is 3.87. The zero-order valence-corrected chi connectivity index (χ0v) is 10.9. The van der Waals surface area contributed by atoms with Gasteiger partial charge in [-0.15, -0.1) is 11.8 Å². The maximum absolute atomic E-state index is 12.1. The maximum Gasteiger partial charge on any atom is 0.193 e. The molecule has 0 aliphatic carbocycles. The molecule has 17 heavy (non-hydrogen) atoms. The van der Waals surface area contributed by atoms with Gasteiger partial charge in [-0.1, -0.05) is 23.7 Å². The highest BCUT2D eigenvalue weighted by molar-refractivity contribution is 7.98. The molecule has 0 atom stereocenters. The van der Waals surface area contributed by atoms with Crippen LogP contribution in [0.4, 0.5) is 0 Å². The molecule has 2 rings (SSSR count). The van der Waals surface area contributed by atoms with E-state index in [1.807, 2.05) is 30.5 Å². The van der Waals surface area contributed by atoms with E-state index in [-0.39, 0.29) is 5.78 Å². The molecule has 0 unspecified atom stereocenters. The van der Waals surface area contributed by atoms with Crippen LogP contribution in [0.5, 0.6) is 0 Å². The highest BCUT2D eigenvalue weighted by Crippen LogP contribution is 2.18. The third kappa shape index (κ3) is 2.90. The molecule has 2 aromatic rings. The van der Waals surface area contributed by atoms with Crippen molar-refractivity contribution in [2.45, 2.75) is 4.90 Å². The van der Waals surface area contributed by atoms with E-state index in [1.54, 1.807) is 36.0 Å². The normalized spacial score (nSPS) is 10.2. The number of carbonyl (C=O) groups is 1. The van der Waals surface area contributed by atoms with Crippen LogP contribution in [0.2, 0.25) is 5.02 Å². The zero-order chi connectivity index (χ0) is 12.3. The highest BCUT2D eigenvalue weighted by Gasteiger charge is 2.08. The molecule has 0 amide bonds. The molecule has 0 spiro atoms. The molecule has 0 heterocycles. The van der Waals surface area contributed by atoms with Crippen LogP contribution in [-0.2, 0) is 0 Å². The van der Waals surface area contributed by atoms with Gasteiger partial charge in [-0.3, -0.25) is 4.79 Å². The van der Waals surface area contributed by atoms with Gasteiger partial charge in [-0.05, 0) is 42.7 Å². The van der Waals surface area contributed by atoms with Gasteiger partial charge >= 0.3 is 0 Å². The SMILES string of the molecule is CSc1ccc(C(=O)c2cccc(Cl)c2)cc1. The van der Waals surface area contributed by atoms with Crippen LogP contribution < -0.4 is 0 Å². The minimum Gasteiger partial charge on any atom is -0.289 e. The van der Waals surface area contributed by atoms with E-state index in [0.29, 0.717) is 16.1 Å². The monoisotopic (exact) mass is 262 g/mol. The topological polar surface area (TPSA) is 17.1 Å². The van der Waals surface area contributed by atoms with Gasteiger partial charge < -0.3 is 0 Å². The average Bonchev–Trinajstić information content (AvgIpc) is 2.38. The molecule has 0 aromatic heterocycles. The van der Waals surface area contributed by atoms with E-state index >= 15 is 0 Å². The lowest BCUT2D eigenvalue weighted by molar-refractivity contribution is 0.103. The second-order valence-electron chi connectivity index (χ2n) is 3.57. The smallest absolute Gasteiger partial charge is 0.193 e. The van der Waals surface area contributed by atoms with Crippen LogP contribution in [0.3, 0.4) is 0 Å². The fraction of sp³-hybridized carbons (Fsp3) is 0.0714. The molecule has 2 aromatic carbocycles. The molecule has 0 saturated heterocycles. The van der Waals surface area contributed by atoms with Crippen molar-refractivity contribution in [2.24, 2.45) is 0 Å². The molecule has 0 saturated carbocycles. The summed E-state index contributed by atoms with van der Waals surface area (Å²) in [6.07, 6.45) is 2.01.